The molecule has 16 aromatic rings. The monoisotopic (exact) mass is 2580 g/mol. The first-order valence-electron chi connectivity index (χ1n) is 41.6. The first kappa shape index (κ1) is 110. The van der Waals surface area contributed by atoms with E-state index >= 15 is 0 Å². The van der Waals surface area contributed by atoms with E-state index in [1.54, 1.807) is 12.4 Å². The molecule has 16 heteroatoms. The number of allylic oxidation sites excluding steroid dienone is 4. The number of carbonyl (C=O) groups is 2. The Kier molecular flexibility index (Phi) is 49.1. The number of nitrogens with zero attached hydrogens (tertiary/aromatic N) is 6. The average molecular weight is 2580 g/mol. The zero-order valence-corrected chi connectivity index (χ0v) is 87.0. The minimum Gasteiger partial charge on any atom is -0.512 e. The molecule has 7 heterocycles. The minimum absolute atomic E-state index is 0. The normalized spacial score (nSPS) is 10.5. The predicted octanol–water partition coefficient (Wildman–Crippen LogP) is 28.5. The first-order chi connectivity index (χ1) is 59.3. The molecule has 0 atom stereocenters. The van der Waals surface area contributed by atoms with Crippen LogP contribution in [0.3, 0.4) is 0 Å². The molecule has 9 aromatic carbocycles. The smallest absolute Gasteiger partial charge is 0.159 e. The molecule has 0 aliphatic carbocycles. The maximum atomic E-state index is 11.2. The van der Waals surface area contributed by atoms with E-state index in [2.05, 4.69) is 225 Å². The van der Waals surface area contributed by atoms with Crippen molar-refractivity contribution in [1.29, 1.82) is 0 Å². The number of aromatic nitrogens is 6. The fraction of sp³-hybridized carbons (Fsp3) is 0.196. The summed E-state index contributed by atoms with van der Waals surface area (Å²) in [6.07, 6.45) is 15.8. The Balaban J connectivity index is 0.000000310. The molecule has 11 nitrogen and oxygen atoms in total. The second-order valence-corrected chi connectivity index (χ2v) is 31.7. The van der Waals surface area contributed by atoms with Gasteiger partial charge in [-0.3, -0.25) is 9.59 Å². The van der Waals surface area contributed by atoms with E-state index in [-0.39, 0.29) is 129 Å². The zero-order chi connectivity index (χ0) is 88.1. The number of ketones is 2. The van der Waals surface area contributed by atoms with Gasteiger partial charge < -0.3 is 44.5 Å². The third kappa shape index (κ3) is 36.1. The van der Waals surface area contributed by atoms with Crippen molar-refractivity contribution in [1.82, 2.24) is 29.9 Å². The number of hydrogen-bond donors (Lipinski definition) is 2. The molecule has 0 fully saturated rings. The van der Waals surface area contributed by atoms with Crippen LogP contribution in [0.4, 0.5) is 0 Å². The van der Waals surface area contributed by atoms with Crippen LogP contribution in [0.5, 0.6) is 0 Å². The van der Waals surface area contributed by atoms with Crippen molar-refractivity contribution in [2.45, 2.75) is 134 Å². The fourth-order valence-corrected chi connectivity index (χ4v) is 12.8. The Bertz CT molecular complexity index is 5930. The van der Waals surface area contributed by atoms with Crippen molar-refractivity contribution in [3.05, 3.63) is 410 Å². The molecule has 16 rings (SSSR count). The molecule has 0 aliphatic heterocycles. The summed E-state index contributed by atoms with van der Waals surface area (Å²) in [4.78, 5) is 47.7. The standard InChI is InChI=1S/C21H18NO.C19H16N.C18H14N.C15H16N.C12H10N.C11H8N.C11H20O2.C5H8O2.5Ir/c1-13(2)15-7-6-8-16-17-11-14(3)12-18(21(17)23-20(15)16)19-9-4-5-10-22-19;1-2-15-13-19(17-11-7-4-8-12-17)20-14-18(15)16-9-5-3-6-10-16;1-14-7-9-15(10-8-14)17-11-12-19-18(13-17)16-5-3-2-4-6-16;1-15(2,3)13-9-10-16-14(11-13)12-7-5-4-6-8-12;1-10-7-8-12(13-9-10)11-5-3-2-4-6-11;1-2-6-10(7-3-1)11-8-4-5-9-12-11;1-8(2)5-10(12)7-11(13)6-9(3)4;1-4(6)3-5(2)7;;;;;/h4-11,13H,1-3H3;3-11,13-14H,2H2,1H3;2-5,7-13H,1H3;4-7,9-11H,1-3H3;2-5,7-9H,1H3;1-6,8-9H;7-9,12H,5-6H2,1-4H3;3,6H,1-2H3;;;;;/q6*-1;;;;;;;. The first-order valence-corrected chi connectivity index (χ1v) is 41.6. The molecule has 0 aliphatic rings. The van der Waals surface area contributed by atoms with Crippen LogP contribution in [0.25, 0.3) is 112 Å². The van der Waals surface area contributed by atoms with Gasteiger partial charge in [0.1, 0.15) is 5.58 Å². The number of hydrogen-bond acceptors (Lipinski definition) is 11. The zero-order valence-electron chi connectivity index (χ0n) is 75.0. The van der Waals surface area contributed by atoms with E-state index in [1.165, 1.54) is 81.5 Å². The van der Waals surface area contributed by atoms with Crippen LogP contribution in [-0.4, -0.2) is 51.7 Å². The number of fused-ring (bicyclic) bond motifs is 3. The summed E-state index contributed by atoms with van der Waals surface area (Å²) in [5.41, 5.74) is 26.2. The van der Waals surface area contributed by atoms with E-state index in [9.17, 15) is 14.7 Å². The number of aliphatic hydroxyl groups is 2. The maximum Gasteiger partial charge on any atom is 0.159 e. The summed E-state index contributed by atoms with van der Waals surface area (Å²) >= 11 is 0. The predicted molar refractivity (Wildman–Crippen MR) is 507 cm³/mol. The van der Waals surface area contributed by atoms with E-state index < -0.39 is 0 Å². The van der Waals surface area contributed by atoms with Crippen LogP contribution in [0.2, 0.25) is 0 Å². The van der Waals surface area contributed by atoms with Crippen molar-refractivity contribution in [3.8, 4) is 89.8 Å². The molecule has 128 heavy (non-hydrogen) atoms. The topological polar surface area (TPSA) is 165 Å². The van der Waals surface area contributed by atoms with Crippen molar-refractivity contribution in [2.24, 2.45) is 11.8 Å². The second-order valence-electron chi connectivity index (χ2n) is 31.7. The number of rotatable bonds is 16. The van der Waals surface area contributed by atoms with Gasteiger partial charge in [-0.25, -0.2) is 0 Å². The number of furan rings is 1. The number of benzene rings is 9. The van der Waals surface area contributed by atoms with Gasteiger partial charge in [0.2, 0.25) is 0 Å². The summed E-state index contributed by atoms with van der Waals surface area (Å²) < 4.78 is 6.31. The van der Waals surface area contributed by atoms with Gasteiger partial charge in [0.25, 0.3) is 0 Å². The van der Waals surface area contributed by atoms with Crippen LogP contribution in [0.15, 0.2) is 344 Å². The molecule has 0 unspecified atom stereocenters. The Labute approximate surface area is 826 Å². The molecule has 669 valence electrons. The molecule has 5 radical (unpaired) electrons. The quantitative estimate of drug-likeness (QED) is 0.0537. The third-order valence-corrected chi connectivity index (χ3v) is 18.9. The number of pyridine rings is 6. The van der Waals surface area contributed by atoms with Crippen LogP contribution in [0, 0.1) is 69.0 Å². The minimum atomic E-state index is -0.125. The molecule has 2 N–H and O–H groups in total. The average Bonchev–Trinajstić information content (AvgIpc) is 1.60. The summed E-state index contributed by atoms with van der Waals surface area (Å²) in [7, 11) is 0. The number of aryl methyl sites for hydroxylation is 4. The Morgan fingerprint density at radius 1 is 0.414 bits per heavy atom. The van der Waals surface area contributed by atoms with Crippen molar-refractivity contribution >= 4 is 33.5 Å². The molecular weight excluding hydrogens is 2470 g/mol. The second kappa shape index (κ2) is 57.3. The van der Waals surface area contributed by atoms with Gasteiger partial charge in [-0.05, 0) is 155 Å². The fourth-order valence-electron chi connectivity index (χ4n) is 12.8. The van der Waals surface area contributed by atoms with Gasteiger partial charge in [0.05, 0.1) is 17.1 Å². The molecule has 0 bridgehead atoms. The number of carbonyl (C=O) groups excluding carboxylic acids is 2. The Hall–Kier alpha value is -10.7. The van der Waals surface area contributed by atoms with Crippen LogP contribution in [0.1, 0.15) is 135 Å². The van der Waals surface area contributed by atoms with Crippen LogP contribution in [-0.2, 0) is 122 Å². The maximum absolute atomic E-state index is 11.2. The van der Waals surface area contributed by atoms with Crippen molar-refractivity contribution in [2.75, 3.05) is 0 Å². The molecule has 0 saturated heterocycles. The Morgan fingerprint density at radius 2 is 0.883 bits per heavy atom. The molecule has 0 amide bonds. The van der Waals surface area contributed by atoms with Gasteiger partial charge in [-0.1, -0.05) is 220 Å². The summed E-state index contributed by atoms with van der Waals surface area (Å²) in [5, 5.41) is 20.0. The third-order valence-electron chi connectivity index (χ3n) is 18.9. The van der Waals surface area contributed by atoms with Crippen molar-refractivity contribution < 1.29 is 125 Å². The van der Waals surface area contributed by atoms with Crippen LogP contribution < -0.4 is 0 Å². The molecule has 0 spiro atoms. The summed E-state index contributed by atoms with van der Waals surface area (Å²) in [6.45, 7) is 30.2. The molecular formula is C112H110Ir5N6O5-6. The SMILES string of the molecule is CC(=O)C=C(C)O.CC(C)(C)c1ccnc(-c2[c-]cccc2)c1.CC(C)CC(=O)C=C(O)CC(C)C.CCc1cc(-c2[c-]cccc2)ncc1-c1ccccc1.Cc1[c-]c(-c2ccccn2)c2oc3c(C(C)C)cccc3c2c1.Cc1ccc(-c2[c-]cccc2)nc1.Cc1ccc(-c2ccnc(-c3[c-]cccc3)c2)cc1.[Ir].[Ir].[Ir].[Ir].[Ir].[c-]1ccccc1-c1ccccn1. The molecule has 7 aromatic heterocycles. The molecule has 0 saturated carbocycles. The number of aliphatic hydroxyl groups excluding tert-OH is 2. The summed E-state index contributed by atoms with van der Waals surface area (Å²) in [6, 6.07) is 113. The van der Waals surface area contributed by atoms with E-state index in [4.69, 9.17) is 9.52 Å². The van der Waals surface area contributed by atoms with Crippen molar-refractivity contribution in [3.63, 3.8) is 0 Å². The number of para-hydroxylation sites is 1. The van der Waals surface area contributed by atoms with Gasteiger partial charge in [0.15, 0.2) is 11.6 Å². The Morgan fingerprint density at radius 3 is 1.34 bits per heavy atom. The van der Waals surface area contributed by atoms with Gasteiger partial charge >= 0.3 is 0 Å². The van der Waals surface area contributed by atoms with E-state index in [0.29, 0.717) is 30.6 Å². The van der Waals surface area contributed by atoms with Crippen LogP contribution >= 0.6 is 0 Å². The summed E-state index contributed by atoms with van der Waals surface area (Å²) in [5.74, 6) is 1.34. The largest absolute Gasteiger partial charge is 0.512 e. The van der Waals surface area contributed by atoms with E-state index in [1.807, 2.05) is 235 Å². The van der Waals surface area contributed by atoms with Gasteiger partial charge in [-0.15, -0.1) is 197 Å². The van der Waals surface area contributed by atoms with E-state index in [0.717, 1.165) is 96.1 Å². The van der Waals surface area contributed by atoms with Gasteiger partial charge in [-0.2, -0.15) is 0 Å². The van der Waals surface area contributed by atoms with Gasteiger partial charge in [0, 0.05) is 174 Å².